The van der Waals surface area contributed by atoms with Crippen LogP contribution in [0.2, 0.25) is 0 Å². The Morgan fingerprint density at radius 2 is 2.25 bits per heavy atom. The van der Waals surface area contributed by atoms with E-state index in [4.69, 9.17) is 15.4 Å². The molecule has 1 aromatic carbocycles. The van der Waals surface area contributed by atoms with Crippen LogP contribution in [0.3, 0.4) is 0 Å². The molecule has 0 bridgehead atoms. The molecule has 2 aromatic rings. The number of nitrogens with two attached hydrogens (primary N) is 1. The maximum atomic E-state index is 10.6. The fourth-order valence-corrected chi connectivity index (χ4v) is 2.40. The van der Waals surface area contributed by atoms with Gasteiger partial charge in [0.15, 0.2) is 0 Å². The molecular weight excluding hydrogens is 278 g/mol. The summed E-state index contributed by atoms with van der Waals surface area (Å²) in [6.07, 6.45) is 0. The lowest BCUT2D eigenvalue weighted by molar-refractivity contribution is -0.137. The Balaban J connectivity index is 1.96. The summed E-state index contributed by atoms with van der Waals surface area (Å²) in [5, 5.41) is 12.6. The highest BCUT2D eigenvalue weighted by Crippen LogP contribution is 2.21. The summed E-state index contributed by atoms with van der Waals surface area (Å²) in [7, 11) is 0. The van der Waals surface area contributed by atoms with Crippen molar-refractivity contribution in [1.29, 1.82) is 0 Å². The number of aliphatic carboxylic acids is 1. The first kappa shape index (κ1) is 14.5. The third-order valence-electron chi connectivity index (χ3n) is 2.69. The molecule has 0 fully saturated rings. The molecule has 1 aromatic heterocycles. The van der Waals surface area contributed by atoms with Gasteiger partial charge in [0.2, 0.25) is 11.7 Å². The van der Waals surface area contributed by atoms with Crippen molar-refractivity contribution >= 4 is 17.7 Å². The molecule has 0 radical (unpaired) electrons. The van der Waals surface area contributed by atoms with E-state index in [0.717, 1.165) is 11.1 Å². The van der Waals surface area contributed by atoms with Gasteiger partial charge in [-0.2, -0.15) is 4.98 Å². The summed E-state index contributed by atoms with van der Waals surface area (Å²) in [5.41, 5.74) is 7.41. The number of carbonyl (C=O) groups is 1. The quantitative estimate of drug-likeness (QED) is 0.835. The Labute approximate surface area is 120 Å². The smallest absolute Gasteiger partial charge is 0.321 e. The molecule has 2 rings (SSSR count). The van der Waals surface area contributed by atoms with Gasteiger partial charge in [-0.15, -0.1) is 11.8 Å². The van der Waals surface area contributed by atoms with Crippen molar-refractivity contribution in [3.05, 3.63) is 35.7 Å². The number of hydrogen-bond acceptors (Lipinski definition) is 6. The molecule has 106 valence electrons. The number of aromatic nitrogens is 2. The Morgan fingerprint density at radius 1 is 1.50 bits per heavy atom. The number of nitrogens with zero attached hydrogens (tertiary/aromatic N) is 2. The van der Waals surface area contributed by atoms with Gasteiger partial charge in [-0.05, 0) is 12.5 Å². The van der Waals surface area contributed by atoms with Gasteiger partial charge in [0.05, 0.1) is 5.75 Å². The van der Waals surface area contributed by atoms with Gasteiger partial charge in [0, 0.05) is 11.3 Å². The van der Waals surface area contributed by atoms with Crippen LogP contribution in [0.25, 0.3) is 11.4 Å². The molecule has 0 amide bonds. The number of thioether (sulfide) groups is 1. The lowest BCUT2D eigenvalue weighted by Crippen LogP contribution is -2.32. The zero-order chi connectivity index (χ0) is 14.5. The van der Waals surface area contributed by atoms with Crippen LogP contribution in [0.1, 0.15) is 11.5 Å². The lowest BCUT2D eigenvalue weighted by atomic mass is 10.1. The van der Waals surface area contributed by atoms with Crippen molar-refractivity contribution in [2.45, 2.75) is 18.7 Å². The topological polar surface area (TPSA) is 102 Å². The lowest BCUT2D eigenvalue weighted by Gasteiger charge is -2.03. The molecule has 3 N–H and O–H groups in total. The summed E-state index contributed by atoms with van der Waals surface area (Å²) in [4.78, 5) is 14.9. The van der Waals surface area contributed by atoms with Crippen molar-refractivity contribution in [2.24, 2.45) is 5.73 Å². The van der Waals surface area contributed by atoms with Gasteiger partial charge < -0.3 is 15.4 Å². The van der Waals surface area contributed by atoms with Gasteiger partial charge in [-0.1, -0.05) is 29.4 Å². The normalized spacial score (nSPS) is 12.3. The molecule has 0 aliphatic rings. The molecule has 0 aliphatic heterocycles. The standard InChI is InChI=1S/C13H15N3O3S/c1-8-4-2-3-5-9(8)12-15-11(19-16-12)7-20-6-10(14)13(17)18/h2-5,10H,6-7,14H2,1H3,(H,17,18)/t10-/m0/s1. The summed E-state index contributed by atoms with van der Waals surface area (Å²) >= 11 is 1.35. The SMILES string of the molecule is Cc1ccccc1-c1noc(CSC[C@H](N)C(=O)O)n1. The first-order valence-corrected chi connectivity index (χ1v) is 7.18. The predicted octanol–water partition coefficient (Wildman–Crippen LogP) is 1.69. The molecule has 1 heterocycles. The van der Waals surface area contributed by atoms with Crippen molar-refractivity contribution in [1.82, 2.24) is 10.1 Å². The summed E-state index contributed by atoms with van der Waals surface area (Å²) in [5.74, 6) is 0.743. The van der Waals surface area contributed by atoms with Crippen LogP contribution in [0, 0.1) is 6.92 Å². The second-order valence-corrected chi connectivity index (χ2v) is 5.32. The Morgan fingerprint density at radius 3 is 2.95 bits per heavy atom. The molecule has 20 heavy (non-hydrogen) atoms. The number of rotatable bonds is 6. The first-order valence-electron chi connectivity index (χ1n) is 6.02. The second-order valence-electron chi connectivity index (χ2n) is 4.29. The van der Waals surface area contributed by atoms with E-state index in [-0.39, 0.29) is 0 Å². The largest absolute Gasteiger partial charge is 0.480 e. The highest BCUT2D eigenvalue weighted by atomic mass is 32.2. The third kappa shape index (κ3) is 3.58. The van der Waals surface area contributed by atoms with Crippen molar-refractivity contribution in [3.8, 4) is 11.4 Å². The molecule has 0 aliphatic carbocycles. The third-order valence-corrected chi connectivity index (χ3v) is 3.74. The van der Waals surface area contributed by atoms with E-state index in [1.54, 1.807) is 0 Å². The van der Waals surface area contributed by atoms with Crippen molar-refractivity contribution in [2.75, 3.05) is 5.75 Å². The zero-order valence-corrected chi connectivity index (χ0v) is 11.8. The molecule has 6 nitrogen and oxygen atoms in total. The number of carboxylic acid groups (broad SMARTS) is 1. The van der Waals surface area contributed by atoms with Gasteiger partial charge in [0.1, 0.15) is 6.04 Å². The Kier molecular flexibility index (Phi) is 4.75. The van der Waals surface area contributed by atoms with E-state index in [1.807, 2.05) is 31.2 Å². The number of aryl methyl sites for hydroxylation is 1. The van der Waals surface area contributed by atoms with Crippen LogP contribution in [0.4, 0.5) is 0 Å². The maximum absolute atomic E-state index is 10.6. The van der Waals surface area contributed by atoms with Crippen LogP contribution < -0.4 is 5.73 Å². The van der Waals surface area contributed by atoms with Gasteiger partial charge in [-0.25, -0.2) is 0 Å². The number of carboxylic acids is 1. The van der Waals surface area contributed by atoms with Gasteiger partial charge in [-0.3, -0.25) is 4.79 Å². The average Bonchev–Trinajstić information content (AvgIpc) is 2.87. The Hall–Kier alpha value is -1.86. The van der Waals surface area contributed by atoms with Gasteiger partial charge in [0.25, 0.3) is 0 Å². The van der Waals surface area contributed by atoms with E-state index in [0.29, 0.717) is 23.2 Å². The summed E-state index contributed by atoms with van der Waals surface area (Å²) in [6.45, 7) is 1.98. The highest BCUT2D eigenvalue weighted by molar-refractivity contribution is 7.98. The predicted molar refractivity (Wildman–Crippen MR) is 76.2 cm³/mol. The first-order chi connectivity index (χ1) is 9.58. The molecule has 0 saturated carbocycles. The second kappa shape index (κ2) is 6.53. The van der Waals surface area contributed by atoms with Crippen LogP contribution in [0.15, 0.2) is 28.8 Å². The van der Waals surface area contributed by atoms with Crippen LogP contribution in [-0.4, -0.2) is 33.0 Å². The van der Waals surface area contributed by atoms with E-state index in [2.05, 4.69) is 10.1 Å². The maximum Gasteiger partial charge on any atom is 0.321 e. The minimum Gasteiger partial charge on any atom is -0.480 e. The van der Waals surface area contributed by atoms with E-state index >= 15 is 0 Å². The molecule has 0 unspecified atom stereocenters. The zero-order valence-electron chi connectivity index (χ0n) is 10.9. The van der Waals surface area contributed by atoms with E-state index < -0.39 is 12.0 Å². The molecule has 0 saturated heterocycles. The van der Waals surface area contributed by atoms with Crippen LogP contribution >= 0.6 is 11.8 Å². The number of hydrogen-bond donors (Lipinski definition) is 2. The Bertz CT molecular complexity index is 600. The van der Waals surface area contributed by atoms with Crippen LogP contribution in [0.5, 0.6) is 0 Å². The monoisotopic (exact) mass is 293 g/mol. The molecule has 7 heteroatoms. The fourth-order valence-electron chi connectivity index (χ4n) is 1.59. The molecular formula is C13H15N3O3S. The average molecular weight is 293 g/mol. The minimum absolute atomic E-state index is 0.303. The number of benzene rings is 1. The van der Waals surface area contributed by atoms with Crippen LogP contribution in [-0.2, 0) is 10.5 Å². The van der Waals surface area contributed by atoms with Gasteiger partial charge >= 0.3 is 5.97 Å². The summed E-state index contributed by atoms with van der Waals surface area (Å²) in [6, 6.07) is 6.89. The van der Waals surface area contributed by atoms with Crippen molar-refractivity contribution in [3.63, 3.8) is 0 Å². The summed E-state index contributed by atoms with van der Waals surface area (Å²) < 4.78 is 5.15. The molecule has 1 atom stereocenters. The highest BCUT2D eigenvalue weighted by Gasteiger charge is 2.14. The van der Waals surface area contributed by atoms with E-state index in [1.165, 1.54) is 11.8 Å². The minimum atomic E-state index is -1.01. The van der Waals surface area contributed by atoms with Crippen molar-refractivity contribution < 1.29 is 14.4 Å². The van der Waals surface area contributed by atoms with E-state index in [9.17, 15) is 4.79 Å². The fraction of sp³-hybridized carbons (Fsp3) is 0.308. The molecule has 0 spiro atoms.